The number of fused-ring (bicyclic) bond motifs is 1. The number of aromatic nitrogens is 3. The number of anilines is 2. The first-order valence-corrected chi connectivity index (χ1v) is 16.2. The summed E-state index contributed by atoms with van der Waals surface area (Å²) in [5, 5.41) is 5.30. The SMILES string of the molecule is CC[C@@H]1CCN(c2cccc3c(Oc4ncccc4-c4ccnc(N[C@H]5CCCN(C(=O)OC(C)(C)C)C5)n4)c(C)ccc23)C1=O. The maximum absolute atomic E-state index is 13.1. The van der Waals surface area contributed by atoms with E-state index in [1.54, 1.807) is 17.3 Å². The molecule has 10 nitrogen and oxygen atoms in total. The zero-order valence-electron chi connectivity index (χ0n) is 27.2. The van der Waals surface area contributed by atoms with E-state index in [9.17, 15) is 9.59 Å². The van der Waals surface area contributed by atoms with Gasteiger partial charge in [0.2, 0.25) is 17.7 Å². The molecule has 0 unspecified atom stereocenters. The van der Waals surface area contributed by atoms with E-state index in [-0.39, 0.29) is 24.0 Å². The second-order valence-electron chi connectivity index (χ2n) is 13.1. The van der Waals surface area contributed by atoms with Crippen LogP contribution >= 0.6 is 0 Å². The van der Waals surface area contributed by atoms with Crippen molar-refractivity contribution < 1.29 is 19.1 Å². The van der Waals surface area contributed by atoms with Gasteiger partial charge in [0.1, 0.15) is 11.4 Å². The van der Waals surface area contributed by atoms with E-state index in [4.69, 9.17) is 14.5 Å². The second kappa shape index (κ2) is 12.9. The number of likely N-dealkylation sites (tertiary alicyclic amines) is 1. The Morgan fingerprint density at radius 3 is 2.63 bits per heavy atom. The molecule has 2 aliphatic rings. The average molecular weight is 623 g/mol. The Hall–Kier alpha value is -4.73. The third-order valence-electron chi connectivity index (χ3n) is 8.59. The van der Waals surface area contributed by atoms with Crippen molar-refractivity contribution in [3.63, 3.8) is 0 Å². The average Bonchev–Trinajstić information content (AvgIpc) is 3.41. The van der Waals surface area contributed by atoms with Crippen LogP contribution in [0.15, 0.2) is 60.9 Å². The Morgan fingerprint density at radius 2 is 1.85 bits per heavy atom. The number of hydrogen-bond donors (Lipinski definition) is 1. The number of aryl methyl sites for hydroxylation is 1. The summed E-state index contributed by atoms with van der Waals surface area (Å²) in [5.41, 5.74) is 2.70. The van der Waals surface area contributed by atoms with Crippen LogP contribution < -0.4 is 15.0 Å². The smallest absolute Gasteiger partial charge is 0.410 e. The molecule has 0 spiro atoms. The van der Waals surface area contributed by atoms with Crippen molar-refractivity contribution in [1.29, 1.82) is 0 Å². The van der Waals surface area contributed by atoms with E-state index in [0.29, 0.717) is 36.4 Å². The lowest BCUT2D eigenvalue weighted by atomic mass is 10.0. The maximum Gasteiger partial charge on any atom is 0.410 e. The van der Waals surface area contributed by atoms with Crippen molar-refractivity contribution in [2.24, 2.45) is 5.92 Å². The van der Waals surface area contributed by atoms with Crippen LogP contribution in [0.25, 0.3) is 22.0 Å². The molecular formula is C36H42N6O4. The second-order valence-corrected chi connectivity index (χ2v) is 13.1. The molecule has 0 bridgehead atoms. The van der Waals surface area contributed by atoms with Gasteiger partial charge in [-0.15, -0.1) is 0 Å². The molecule has 2 aromatic carbocycles. The molecule has 2 fully saturated rings. The van der Waals surface area contributed by atoms with Crippen LogP contribution in [0, 0.1) is 12.8 Å². The molecule has 2 saturated heterocycles. The number of rotatable bonds is 7. The highest BCUT2D eigenvalue weighted by Crippen LogP contribution is 2.40. The zero-order chi connectivity index (χ0) is 32.4. The van der Waals surface area contributed by atoms with Gasteiger partial charge in [0.25, 0.3) is 0 Å². The van der Waals surface area contributed by atoms with Crippen LogP contribution in [0.4, 0.5) is 16.4 Å². The number of ether oxygens (including phenoxy) is 2. The van der Waals surface area contributed by atoms with Gasteiger partial charge >= 0.3 is 6.09 Å². The Bertz CT molecular complexity index is 1750. The summed E-state index contributed by atoms with van der Waals surface area (Å²) in [7, 11) is 0. The Morgan fingerprint density at radius 1 is 1.00 bits per heavy atom. The number of piperidine rings is 1. The fourth-order valence-electron chi connectivity index (χ4n) is 6.26. The summed E-state index contributed by atoms with van der Waals surface area (Å²) in [4.78, 5) is 43.4. The Kier molecular flexibility index (Phi) is 8.80. The van der Waals surface area contributed by atoms with E-state index >= 15 is 0 Å². The van der Waals surface area contributed by atoms with Crippen molar-refractivity contribution in [1.82, 2.24) is 19.9 Å². The lowest BCUT2D eigenvalue weighted by Crippen LogP contribution is -2.47. The fourth-order valence-corrected chi connectivity index (χ4v) is 6.26. The molecule has 0 saturated carbocycles. The quantitative estimate of drug-likeness (QED) is 0.228. The number of carbonyl (C=O) groups is 2. The van der Waals surface area contributed by atoms with Crippen LogP contribution in [0.2, 0.25) is 0 Å². The number of nitrogens with one attached hydrogen (secondary N) is 1. The molecular weight excluding hydrogens is 580 g/mol. The predicted octanol–water partition coefficient (Wildman–Crippen LogP) is 7.37. The normalized spacial score (nSPS) is 18.6. The van der Waals surface area contributed by atoms with E-state index < -0.39 is 5.60 Å². The van der Waals surface area contributed by atoms with Gasteiger partial charge < -0.3 is 24.6 Å². The van der Waals surface area contributed by atoms with Gasteiger partial charge in [0.15, 0.2) is 0 Å². The standard InChI is InChI=1S/C36H42N6O4/c1-6-24-17-21-42(33(24)43)30-13-7-11-27-26(30)15-14-23(2)31(27)45-32-28(12-8-18-37-32)29-16-19-38-34(40-29)39-25-10-9-20-41(22-25)35(44)46-36(3,4)5/h7-8,11-16,18-19,24-25H,6,9-10,17,20-22H2,1-5H3,(H,38,39,40)/t24-,25+/m1/s1. The molecule has 2 aliphatic heterocycles. The van der Waals surface area contributed by atoms with Gasteiger partial charge in [-0.3, -0.25) is 4.79 Å². The highest BCUT2D eigenvalue weighted by atomic mass is 16.6. The van der Waals surface area contributed by atoms with E-state index in [2.05, 4.69) is 28.3 Å². The third kappa shape index (κ3) is 6.61. The summed E-state index contributed by atoms with van der Waals surface area (Å²) in [5.74, 6) is 1.83. The minimum Gasteiger partial charge on any atom is -0.444 e. The van der Waals surface area contributed by atoms with Crippen LogP contribution in [0.1, 0.15) is 58.9 Å². The van der Waals surface area contributed by atoms with E-state index in [1.165, 1.54) is 0 Å². The van der Waals surface area contributed by atoms with Crippen molar-refractivity contribution >= 4 is 34.4 Å². The van der Waals surface area contributed by atoms with Crippen molar-refractivity contribution in [2.75, 3.05) is 29.9 Å². The van der Waals surface area contributed by atoms with Crippen molar-refractivity contribution in [3.05, 3.63) is 66.5 Å². The summed E-state index contributed by atoms with van der Waals surface area (Å²) < 4.78 is 12.2. The van der Waals surface area contributed by atoms with E-state index in [0.717, 1.165) is 59.8 Å². The van der Waals surface area contributed by atoms with Crippen molar-refractivity contribution in [2.45, 2.75) is 71.9 Å². The molecule has 10 heteroatoms. The van der Waals surface area contributed by atoms with Gasteiger partial charge in [0, 0.05) is 54.8 Å². The first-order chi connectivity index (χ1) is 22.1. The number of carbonyl (C=O) groups excluding carboxylic acids is 2. The van der Waals surface area contributed by atoms with Gasteiger partial charge in [-0.25, -0.2) is 19.7 Å². The summed E-state index contributed by atoms with van der Waals surface area (Å²) in [6.45, 7) is 11.6. The molecule has 2 amide bonds. The van der Waals surface area contributed by atoms with Crippen LogP contribution in [-0.2, 0) is 9.53 Å². The molecule has 0 radical (unpaired) electrons. The molecule has 0 aliphatic carbocycles. The lowest BCUT2D eigenvalue weighted by molar-refractivity contribution is -0.120. The Balaban J connectivity index is 1.25. The molecule has 46 heavy (non-hydrogen) atoms. The zero-order valence-corrected chi connectivity index (χ0v) is 27.2. The number of benzene rings is 2. The minimum atomic E-state index is -0.545. The lowest BCUT2D eigenvalue weighted by Gasteiger charge is -2.34. The maximum atomic E-state index is 13.1. The summed E-state index contributed by atoms with van der Waals surface area (Å²) in [6.07, 6.45) is 6.57. The molecule has 1 N–H and O–H groups in total. The minimum absolute atomic E-state index is 0.0104. The number of nitrogens with zero attached hydrogens (tertiary/aromatic N) is 5. The Labute approximate surface area is 270 Å². The monoisotopic (exact) mass is 622 g/mol. The number of amides is 2. The van der Waals surface area contributed by atoms with Gasteiger partial charge in [-0.2, -0.15) is 0 Å². The fraction of sp³-hybridized carbons (Fsp3) is 0.417. The highest BCUT2D eigenvalue weighted by molar-refractivity contribution is 6.07. The first-order valence-electron chi connectivity index (χ1n) is 16.2. The van der Waals surface area contributed by atoms with Crippen LogP contribution in [0.5, 0.6) is 11.6 Å². The van der Waals surface area contributed by atoms with Crippen LogP contribution in [0.3, 0.4) is 0 Å². The third-order valence-corrected chi connectivity index (χ3v) is 8.59. The highest BCUT2D eigenvalue weighted by Gasteiger charge is 2.32. The molecule has 2 aromatic heterocycles. The molecule has 4 heterocycles. The molecule has 2 atom stereocenters. The predicted molar refractivity (Wildman–Crippen MR) is 179 cm³/mol. The van der Waals surface area contributed by atoms with Gasteiger partial charge in [-0.05, 0) is 83.2 Å². The van der Waals surface area contributed by atoms with Crippen LogP contribution in [-0.4, -0.2) is 63.1 Å². The van der Waals surface area contributed by atoms with Gasteiger partial charge in [0.05, 0.1) is 16.9 Å². The first kappa shape index (κ1) is 31.3. The number of pyridine rings is 1. The topological polar surface area (TPSA) is 110 Å². The van der Waals surface area contributed by atoms with E-state index in [1.807, 2.05) is 75.1 Å². The largest absolute Gasteiger partial charge is 0.444 e. The van der Waals surface area contributed by atoms with Gasteiger partial charge in [-0.1, -0.05) is 31.2 Å². The molecule has 240 valence electrons. The number of hydrogen-bond acceptors (Lipinski definition) is 8. The molecule has 6 rings (SSSR count). The summed E-state index contributed by atoms with van der Waals surface area (Å²) in [6, 6.07) is 15.7. The summed E-state index contributed by atoms with van der Waals surface area (Å²) >= 11 is 0. The molecule has 4 aromatic rings. The van der Waals surface area contributed by atoms with Crippen molar-refractivity contribution in [3.8, 4) is 22.9 Å².